The molecule has 0 saturated carbocycles. The fourth-order valence-corrected chi connectivity index (χ4v) is 5.13. The summed E-state index contributed by atoms with van der Waals surface area (Å²) in [5, 5.41) is 16.7. The molecule has 5 heterocycles. The first-order valence-corrected chi connectivity index (χ1v) is 9.55. The van der Waals surface area contributed by atoms with Crippen LogP contribution in [-0.4, -0.2) is 47.4 Å². The van der Waals surface area contributed by atoms with Crippen LogP contribution in [0.3, 0.4) is 0 Å². The van der Waals surface area contributed by atoms with Crippen LogP contribution in [0.1, 0.15) is 12.8 Å². The standard InChI is InChI=1S/C18H20N4O2S/c23-22-8-6-14(7-9-22)18(12-22)11-20-16(24-18)21-17-19-10-15(25-17)13-4-2-1-3-5-13/h1-5,10,14H,6-9,11-12H2,(H,19,20,21). The Bertz CT molecular complexity index is 813. The van der Waals surface area contributed by atoms with E-state index < -0.39 is 5.60 Å². The van der Waals surface area contributed by atoms with Gasteiger partial charge in [-0.2, -0.15) is 0 Å². The number of piperidine rings is 3. The molecule has 0 aliphatic carbocycles. The molecule has 6 nitrogen and oxygen atoms in total. The van der Waals surface area contributed by atoms with E-state index in [-0.39, 0.29) is 4.65 Å². The number of thiazole rings is 1. The average molecular weight is 356 g/mol. The Hall–Kier alpha value is -1.96. The average Bonchev–Trinajstić information content (AvgIpc) is 3.24. The number of amidine groups is 1. The minimum atomic E-state index is -0.403. The number of hydrogen-bond acceptors (Lipinski definition) is 6. The molecule has 7 heteroatoms. The van der Waals surface area contributed by atoms with Crippen molar-refractivity contribution >= 4 is 22.5 Å². The van der Waals surface area contributed by atoms with E-state index in [9.17, 15) is 5.21 Å². The zero-order chi connectivity index (χ0) is 16.9. The summed E-state index contributed by atoms with van der Waals surface area (Å²) in [6.45, 7) is 2.57. The number of rotatable bonds is 2. The number of fused-ring (bicyclic) bond motifs is 2. The van der Waals surface area contributed by atoms with Crippen LogP contribution in [0.4, 0.5) is 5.13 Å². The van der Waals surface area contributed by atoms with Crippen molar-refractivity contribution in [2.24, 2.45) is 10.9 Å². The van der Waals surface area contributed by atoms with E-state index in [4.69, 9.17) is 4.74 Å². The van der Waals surface area contributed by atoms with E-state index in [0.717, 1.165) is 41.5 Å². The number of aromatic nitrogens is 1. The molecule has 25 heavy (non-hydrogen) atoms. The first-order valence-electron chi connectivity index (χ1n) is 8.73. The smallest absolute Gasteiger partial charge is 0.292 e. The normalized spacial score (nSPS) is 33.3. The Morgan fingerprint density at radius 3 is 2.80 bits per heavy atom. The molecule has 4 aliphatic rings. The molecule has 1 aromatic carbocycles. The predicted molar refractivity (Wildman–Crippen MR) is 98.2 cm³/mol. The number of benzene rings is 1. The number of ether oxygens (including phenoxy) is 1. The molecule has 130 valence electrons. The van der Waals surface area contributed by atoms with Gasteiger partial charge in [-0.15, -0.1) is 0 Å². The van der Waals surface area contributed by atoms with Gasteiger partial charge in [0.1, 0.15) is 6.54 Å². The molecular formula is C18H20N4O2S. The topological polar surface area (TPSA) is 69.6 Å². The lowest BCUT2D eigenvalue weighted by atomic mass is 9.75. The molecule has 0 radical (unpaired) electrons. The van der Waals surface area contributed by atoms with Crippen LogP contribution in [0.2, 0.25) is 0 Å². The van der Waals surface area contributed by atoms with Gasteiger partial charge < -0.3 is 14.6 Å². The van der Waals surface area contributed by atoms with E-state index in [1.54, 1.807) is 11.3 Å². The van der Waals surface area contributed by atoms with E-state index >= 15 is 0 Å². The highest BCUT2D eigenvalue weighted by atomic mass is 32.1. The van der Waals surface area contributed by atoms with Crippen LogP contribution in [0.5, 0.6) is 0 Å². The third kappa shape index (κ3) is 2.63. The number of hydroxylamine groups is 3. The zero-order valence-electron chi connectivity index (χ0n) is 13.9. The summed E-state index contributed by atoms with van der Waals surface area (Å²) in [7, 11) is 0. The van der Waals surface area contributed by atoms with Gasteiger partial charge in [0, 0.05) is 25.0 Å². The van der Waals surface area contributed by atoms with Crippen molar-refractivity contribution in [1.82, 2.24) is 4.98 Å². The van der Waals surface area contributed by atoms with Gasteiger partial charge in [-0.1, -0.05) is 41.7 Å². The summed E-state index contributed by atoms with van der Waals surface area (Å²) in [5.74, 6) is 0.445. The van der Waals surface area contributed by atoms with Crippen molar-refractivity contribution in [2.45, 2.75) is 18.4 Å². The summed E-state index contributed by atoms with van der Waals surface area (Å²) >= 11 is 1.57. The van der Waals surface area contributed by atoms with Gasteiger partial charge in [0.25, 0.3) is 6.02 Å². The Balaban J connectivity index is 1.30. The maximum absolute atomic E-state index is 12.7. The van der Waals surface area contributed by atoms with Gasteiger partial charge in [0.2, 0.25) is 0 Å². The Labute approximate surface area is 150 Å². The number of nitrogens with zero attached hydrogens (tertiary/aromatic N) is 3. The second-order valence-corrected chi connectivity index (χ2v) is 8.28. The lowest BCUT2D eigenvalue weighted by Crippen LogP contribution is -2.67. The van der Waals surface area contributed by atoms with Crippen LogP contribution in [0, 0.1) is 11.1 Å². The van der Waals surface area contributed by atoms with E-state index in [2.05, 4.69) is 27.4 Å². The lowest BCUT2D eigenvalue weighted by molar-refractivity contribution is -0.905. The molecule has 1 aromatic heterocycles. The van der Waals surface area contributed by atoms with Gasteiger partial charge in [0.15, 0.2) is 10.7 Å². The number of hydrogen-bond donors (Lipinski definition) is 1. The maximum Gasteiger partial charge on any atom is 0.292 e. The second-order valence-electron chi connectivity index (χ2n) is 7.25. The van der Waals surface area contributed by atoms with Crippen LogP contribution in [0.15, 0.2) is 41.5 Å². The fraction of sp³-hybridized carbons (Fsp3) is 0.444. The number of aliphatic imine (C=N–C) groups is 1. The molecule has 1 spiro atoms. The molecule has 0 amide bonds. The Morgan fingerprint density at radius 2 is 2.04 bits per heavy atom. The molecule has 2 bridgehead atoms. The maximum atomic E-state index is 12.7. The molecule has 1 unspecified atom stereocenters. The number of nitrogens with one attached hydrogen (secondary N) is 1. The van der Waals surface area contributed by atoms with E-state index in [1.165, 1.54) is 0 Å². The first kappa shape index (κ1) is 15.3. The van der Waals surface area contributed by atoms with Gasteiger partial charge in [-0.05, 0) is 5.56 Å². The molecule has 6 rings (SSSR count). The SMILES string of the molecule is [O-][N+]12CCC(CC1)C1(CN=C(Nc3ncc(-c4ccccc4)s3)O1)C2. The van der Waals surface area contributed by atoms with Crippen LogP contribution in [-0.2, 0) is 4.74 Å². The van der Waals surface area contributed by atoms with Crippen LogP contribution >= 0.6 is 11.3 Å². The van der Waals surface area contributed by atoms with Crippen molar-refractivity contribution in [3.05, 3.63) is 41.7 Å². The van der Waals surface area contributed by atoms with Crippen molar-refractivity contribution in [3.8, 4) is 10.4 Å². The van der Waals surface area contributed by atoms with Crippen molar-refractivity contribution in [2.75, 3.05) is 31.5 Å². The lowest BCUT2D eigenvalue weighted by Gasteiger charge is -2.58. The summed E-state index contributed by atoms with van der Waals surface area (Å²) in [6, 6.07) is 10.7. The van der Waals surface area contributed by atoms with Gasteiger partial charge >= 0.3 is 0 Å². The third-order valence-electron chi connectivity index (χ3n) is 5.64. The predicted octanol–water partition coefficient (Wildman–Crippen LogP) is 3.09. The monoisotopic (exact) mass is 356 g/mol. The van der Waals surface area contributed by atoms with Gasteiger partial charge in [-0.3, -0.25) is 5.32 Å². The van der Waals surface area contributed by atoms with E-state index in [1.807, 2.05) is 24.4 Å². The summed E-state index contributed by atoms with van der Waals surface area (Å²) in [5.41, 5.74) is 0.745. The van der Waals surface area contributed by atoms with Crippen LogP contribution < -0.4 is 5.32 Å². The highest BCUT2D eigenvalue weighted by molar-refractivity contribution is 7.19. The van der Waals surface area contributed by atoms with Crippen LogP contribution in [0.25, 0.3) is 10.4 Å². The third-order valence-corrected chi connectivity index (χ3v) is 6.60. The highest BCUT2D eigenvalue weighted by Crippen LogP contribution is 2.44. The summed E-state index contributed by atoms with van der Waals surface area (Å²) in [6.07, 6.45) is 3.75. The summed E-state index contributed by atoms with van der Waals surface area (Å²) in [4.78, 5) is 10.1. The molecule has 4 aliphatic heterocycles. The van der Waals surface area contributed by atoms with Gasteiger partial charge in [0.05, 0.1) is 24.5 Å². The Kier molecular flexibility index (Phi) is 3.38. The minimum Gasteiger partial charge on any atom is -0.633 e. The van der Waals surface area contributed by atoms with Crippen molar-refractivity contribution in [1.29, 1.82) is 0 Å². The highest BCUT2D eigenvalue weighted by Gasteiger charge is 2.56. The number of anilines is 1. The molecule has 1 atom stereocenters. The zero-order valence-corrected chi connectivity index (χ0v) is 14.7. The first-order chi connectivity index (χ1) is 12.1. The molecule has 3 fully saturated rings. The van der Waals surface area contributed by atoms with Crippen molar-refractivity contribution < 1.29 is 9.38 Å². The number of quaternary nitrogens is 1. The summed E-state index contributed by atoms with van der Waals surface area (Å²) < 4.78 is 6.08. The minimum absolute atomic E-state index is 0.116. The molecular weight excluding hydrogens is 336 g/mol. The molecule has 2 aromatic rings. The van der Waals surface area contributed by atoms with Gasteiger partial charge in [-0.25, -0.2) is 9.98 Å². The quantitative estimate of drug-likeness (QED) is 0.663. The molecule has 3 saturated heterocycles. The Morgan fingerprint density at radius 1 is 1.24 bits per heavy atom. The fourth-order valence-electron chi connectivity index (χ4n) is 4.32. The molecule has 1 N–H and O–H groups in total. The largest absolute Gasteiger partial charge is 0.633 e. The second kappa shape index (κ2) is 5.52. The van der Waals surface area contributed by atoms with Crippen molar-refractivity contribution in [3.63, 3.8) is 0 Å². The van der Waals surface area contributed by atoms with E-state index in [0.29, 0.717) is 25.0 Å².